The maximum absolute atomic E-state index is 12.2. The summed E-state index contributed by atoms with van der Waals surface area (Å²) in [5.41, 5.74) is 1.39. The van der Waals surface area contributed by atoms with Gasteiger partial charge in [0.15, 0.2) is 5.65 Å². The Kier molecular flexibility index (Phi) is 3.57. The molecule has 0 bridgehead atoms. The van der Waals surface area contributed by atoms with E-state index in [0.717, 1.165) is 18.0 Å². The number of fused-ring (bicyclic) bond motifs is 1. The molecule has 2 heterocycles. The molecule has 2 aromatic rings. The average Bonchev–Trinajstić information content (AvgIpc) is 2.76. The maximum atomic E-state index is 12.2. The van der Waals surface area contributed by atoms with E-state index in [1.165, 1.54) is 0 Å². The fourth-order valence-electron chi connectivity index (χ4n) is 1.73. The maximum Gasteiger partial charge on any atom is 0.255 e. The van der Waals surface area contributed by atoms with E-state index < -0.39 is 0 Å². The summed E-state index contributed by atoms with van der Waals surface area (Å²) >= 11 is 0. The molecule has 18 heavy (non-hydrogen) atoms. The molecule has 96 valence electrons. The Morgan fingerprint density at radius 3 is 2.94 bits per heavy atom. The monoisotopic (exact) mass is 247 g/mol. The van der Waals surface area contributed by atoms with Crippen molar-refractivity contribution in [2.24, 2.45) is 0 Å². The number of hydrogen-bond donors (Lipinski definition) is 1. The molecule has 0 aliphatic carbocycles. The van der Waals surface area contributed by atoms with Gasteiger partial charge in [-0.15, -0.1) is 10.2 Å². The van der Waals surface area contributed by atoms with E-state index in [4.69, 9.17) is 0 Å². The Morgan fingerprint density at radius 2 is 2.22 bits per heavy atom. The molecule has 0 atom stereocenters. The van der Waals surface area contributed by atoms with Crippen molar-refractivity contribution in [3.05, 3.63) is 29.7 Å². The van der Waals surface area contributed by atoms with Crippen LogP contribution < -0.4 is 5.32 Å². The fourth-order valence-corrected chi connectivity index (χ4v) is 1.73. The molecule has 0 aliphatic heterocycles. The van der Waals surface area contributed by atoms with Crippen molar-refractivity contribution in [1.29, 1.82) is 0 Å². The molecule has 0 spiro atoms. The lowest BCUT2D eigenvalue weighted by molar-refractivity contribution is 0.0796. The van der Waals surface area contributed by atoms with Gasteiger partial charge in [0, 0.05) is 26.3 Å². The highest BCUT2D eigenvalue weighted by Gasteiger charge is 2.12. The van der Waals surface area contributed by atoms with Gasteiger partial charge in [0.25, 0.3) is 5.91 Å². The molecule has 0 aromatic carbocycles. The highest BCUT2D eigenvalue weighted by atomic mass is 16.2. The molecule has 1 N–H and O–H groups in total. The topological polar surface area (TPSA) is 62.5 Å². The Bertz CT molecular complexity index is 563. The van der Waals surface area contributed by atoms with Crippen LogP contribution in [0.5, 0.6) is 0 Å². The zero-order valence-corrected chi connectivity index (χ0v) is 10.8. The Hall–Kier alpha value is -1.95. The van der Waals surface area contributed by atoms with Crippen molar-refractivity contribution in [2.75, 3.05) is 27.2 Å². The van der Waals surface area contributed by atoms with Crippen LogP contribution in [0.15, 0.2) is 18.3 Å². The molecule has 6 nitrogen and oxygen atoms in total. The predicted octanol–water partition coefficient (Wildman–Crippen LogP) is 0.329. The standard InChI is InChI=1S/C12H17N5O/c1-9-14-15-11-5-4-10(8-17(9)11)12(18)16(3)7-6-13-2/h4-5,8,13H,6-7H2,1-3H3. The van der Waals surface area contributed by atoms with Crippen LogP contribution in [0.4, 0.5) is 0 Å². The van der Waals surface area contributed by atoms with Crippen molar-refractivity contribution < 1.29 is 4.79 Å². The van der Waals surface area contributed by atoms with E-state index >= 15 is 0 Å². The van der Waals surface area contributed by atoms with Crippen molar-refractivity contribution >= 4 is 11.6 Å². The first-order valence-electron chi connectivity index (χ1n) is 5.85. The van der Waals surface area contributed by atoms with Crippen LogP contribution in [0, 0.1) is 6.92 Å². The zero-order valence-electron chi connectivity index (χ0n) is 10.8. The second kappa shape index (κ2) is 5.14. The molecule has 2 rings (SSSR count). The summed E-state index contributed by atoms with van der Waals surface area (Å²) in [6.07, 6.45) is 1.78. The van der Waals surface area contributed by atoms with E-state index in [-0.39, 0.29) is 5.91 Å². The Balaban J connectivity index is 2.24. The largest absolute Gasteiger partial charge is 0.340 e. The van der Waals surface area contributed by atoms with Crippen molar-refractivity contribution in [2.45, 2.75) is 6.92 Å². The molecule has 0 fully saturated rings. The number of aryl methyl sites for hydroxylation is 1. The van der Waals surface area contributed by atoms with E-state index in [0.29, 0.717) is 12.1 Å². The second-order valence-electron chi connectivity index (χ2n) is 4.22. The number of rotatable bonds is 4. The van der Waals surface area contributed by atoms with E-state index in [1.807, 2.05) is 18.4 Å². The van der Waals surface area contributed by atoms with Gasteiger partial charge in [-0.1, -0.05) is 0 Å². The van der Waals surface area contributed by atoms with Crippen molar-refractivity contribution in [3.8, 4) is 0 Å². The molecular formula is C12H17N5O. The number of pyridine rings is 1. The molecule has 0 unspecified atom stereocenters. The molecule has 0 radical (unpaired) electrons. The number of carbonyl (C=O) groups excluding carboxylic acids is 1. The molecule has 6 heteroatoms. The van der Waals surface area contributed by atoms with Crippen molar-refractivity contribution in [1.82, 2.24) is 24.8 Å². The number of aromatic nitrogens is 3. The summed E-state index contributed by atoms with van der Waals surface area (Å²) in [6.45, 7) is 3.31. The third kappa shape index (κ3) is 2.33. The molecule has 0 saturated heterocycles. The van der Waals surface area contributed by atoms with Gasteiger partial charge >= 0.3 is 0 Å². The van der Waals surface area contributed by atoms with Gasteiger partial charge in [-0.05, 0) is 26.1 Å². The van der Waals surface area contributed by atoms with Crippen molar-refractivity contribution in [3.63, 3.8) is 0 Å². The first kappa shape index (κ1) is 12.5. The van der Waals surface area contributed by atoms with Gasteiger partial charge in [0.2, 0.25) is 0 Å². The summed E-state index contributed by atoms with van der Waals surface area (Å²) in [6, 6.07) is 3.58. The highest BCUT2D eigenvalue weighted by molar-refractivity contribution is 5.94. The van der Waals surface area contributed by atoms with Crippen LogP contribution >= 0.6 is 0 Å². The molecule has 1 amide bonds. The minimum absolute atomic E-state index is 0.000231. The van der Waals surface area contributed by atoms with Crippen LogP contribution in [-0.4, -0.2) is 52.6 Å². The van der Waals surface area contributed by atoms with Gasteiger partial charge in [-0.3, -0.25) is 9.20 Å². The summed E-state index contributed by atoms with van der Waals surface area (Å²) in [4.78, 5) is 13.9. The van der Waals surface area contributed by atoms with E-state index in [1.54, 1.807) is 30.3 Å². The zero-order chi connectivity index (χ0) is 13.1. The molecule has 2 aromatic heterocycles. The quantitative estimate of drug-likeness (QED) is 0.845. The number of carbonyl (C=O) groups is 1. The second-order valence-corrected chi connectivity index (χ2v) is 4.22. The smallest absolute Gasteiger partial charge is 0.255 e. The summed E-state index contributed by atoms with van der Waals surface area (Å²) < 4.78 is 1.82. The summed E-state index contributed by atoms with van der Waals surface area (Å²) in [7, 11) is 3.66. The summed E-state index contributed by atoms with van der Waals surface area (Å²) in [5.74, 6) is 0.776. The van der Waals surface area contributed by atoms with Gasteiger partial charge in [0.05, 0.1) is 5.56 Å². The number of nitrogens with one attached hydrogen (secondary N) is 1. The van der Waals surface area contributed by atoms with Gasteiger partial charge in [0.1, 0.15) is 5.82 Å². The van der Waals surface area contributed by atoms with Crippen LogP contribution in [0.25, 0.3) is 5.65 Å². The average molecular weight is 247 g/mol. The fraction of sp³-hybridized carbons (Fsp3) is 0.417. The Labute approximate surface area is 106 Å². The van der Waals surface area contributed by atoms with Gasteiger partial charge in [-0.2, -0.15) is 0 Å². The SMILES string of the molecule is CNCCN(C)C(=O)c1ccc2nnc(C)n2c1. The number of amides is 1. The predicted molar refractivity (Wildman–Crippen MR) is 68.6 cm³/mol. The first-order valence-corrected chi connectivity index (χ1v) is 5.85. The molecular weight excluding hydrogens is 230 g/mol. The van der Waals surface area contributed by atoms with E-state index in [2.05, 4.69) is 15.5 Å². The lowest BCUT2D eigenvalue weighted by Gasteiger charge is -2.16. The van der Waals surface area contributed by atoms with E-state index in [9.17, 15) is 4.79 Å². The minimum Gasteiger partial charge on any atom is -0.340 e. The Morgan fingerprint density at radius 1 is 1.44 bits per heavy atom. The third-order valence-electron chi connectivity index (χ3n) is 2.86. The number of nitrogens with zero attached hydrogens (tertiary/aromatic N) is 4. The van der Waals surface area contributed by atoms with Gasteiger partial charge < -0.3 is 10.2 Å². The van der Waals surface area contributed by atoms with Crippen LogP contribution in [0.3, 0.4) is 0 Å². The molecule has 0 saturated carbocycles. The van der Waals surface area contributed by atoms with Crippen LogP contribution in [0.2, 0.25) is 0 Å². The normalized spacial score (nSPS) is 10.8. The third-order valence-corrected chi connectivity index (χ3v) is 2.86. The molecule has 0 aliphatic rings. The summed E-state index contributed by atoms with van der Waals surface area (Å²) in [5, 5.41) is 11.0. The van der Waals surface area contributed by atoms with Crippen LogP contribution in [-0.2, 0) is 0 Å². The number of hydrogen-bond acceptors (Lipinski definition) is 4. The highest BCUT2D eigenvalue weighted by Crippen LogP contribution is 2.08. The minimum atomic E-state index is 0.000231. The number of likely N-dealkylation sites (N-methyl/N-ethyl adjacent to an activating group) is 2. The van der Waals surface area contributed by atoms with Crippen LogP contribution in [0.1, 0.15) is 16.2 Å². The van der Waals surface area contributed by atoms with Gasteiger partial charge in [-0.25, -0.2) is 0 Å². The first-order chi connectivity index (χ1) is 8.63. The lowest BCUT2D eigenvalue weighted by atomic mass is 10.2. The lowest BCUT2D eigenvalue weighted by Crippen LogP contribution is -2.32.